The standard InChI is InChI=1S/C24H17N3O/c25-14-16-4-3-6-18(12-16)22-13-24(22,23(27)28)20-10-8-17(9-11-20)21-7-2-1-5-19(21)15-26/h1-12,22H,13H2,(H2,27,28). The third-order valence-electron chi connectivity index (χ3n) is 5.58. The van der Waals surface area contributed by atoms with Gasteiger partial charge >= 0.3 is 0 Å². The Morgan fingerprint density at radius 1 is 0.964 bits per heavy atom. The molecule has 2 N–H and O–H groups in total. The first-order valence-electron chi connectivity index (χ1n) is 9.00. The molecule has 3 aromatic carbocycles. The van der Waals surface area contributed by atoms with Gasteiger partial charge in [-0.25, -0.2) is 0 Å². The summed E-state index contributed by atoms with van der Waals surface area (Å²) in [5, 5.41) is 18.5. The SMILES string of the molecule is N#Cc1cccc(C2CC2(C(N)=O)c2ccc(-c3ccccc3C#N)cc2)c1. The third-order valence-corrected chi connectivity index (χ3v) is 5.58. The summed E-state index contributed by atoms with van der Waals surface area (Å²) in [6.45, 7) is 0. The number of nitrogens with two attached hydrogens (primary N) is 1. The number of nitrogens with zero attached hydrogens (tertiary/aromatic N) is 2. The van der Waals surface area contributed by atoms with Gasteiger partial charge in [0.15, 0.2) is 0 Å². The molecule has 1 amide bonds. The fourth-order valence-electron chi connectivity index (χ4n) is 4.00. The van der Waals surface area contributed by atoms with Gasteiger partial charge in [-0.1, -0.05) is 54.6 Å². The molecule has 2 unspecified atom stereocenters. The molecule has 1 aliphatic carbocycles. The molecule has 4 nitrogen and oxygen atoms in total. The number of benzene rings is 3. The summed E-state index contributed by atoms with van der Waals surface area (Å²) >= 11 is 0. The maximum absolute atomic E-state index is 12.4. The fourth-order valence-corrected chi connectivity index (χ4v) is 4.00. The number of primary amides is 1. The topological polar surface area (TPSA) is 90.7 Å². The van der Waals surface area contributed by atoms with Crippen LogP contribution in [-0.2, 0) is 10.2 Å². The van der Waals surface area contributed by atoms with Crippen molar-refractivity contribution in [3.63, 3.8) is 0 Å². The predicted molar refractivity (Wildman–Crippen MR) is 106 cm³/mol. The van der Waals surface area contributed by atoms with Crippen LogP contribution >= 0.6 is 0 Å². The van der Waals surface area contributed by atoms with E-state index in [0.29, 0.717) is 17.5 Å². The molecule has 4 rings (SSSR count). The van der Waals surface area contributed by atoms with Gasteiger partial charge in [-0.05, 0) is 46.9 Å². The lowest BCUT2D eigenvalue weighted by atomic mass is 9.88. The molecule has 1 fully saturated rings. The Kier molecular flexibility index (Phi) is 4.18. The van der Waals surface area contributed by atoms with Gasteiger partial charge in [-0.3, -0.25) is 4.79 Å². The molecule has 3 aromatic rings. The van der Waals surface area contributed by atoms with Crippen molar-refractivity contribution in [2.24, 2.45) is 5.73 Å². The van der Waals surface area contributed by atoms with E-state index in [9.17, 15) is 10.1 Å². The fraction of sp³-hybridized carbons (Fsp3) is 0.125. The maximum atomic E-state index is 12.4. The molecule has 0 saturated heterocycles. The lowest BCUT2D eigenvalue weighted by Gasteiger charge is -2.15. The van der Waals surface area contributed by atoms with Gasteiger partial charge < -0.3 is 5.73 Å². The normalized spacial score (nSPS) is 20.0. The Hall–Kier alpha value is -3.89. The number of rotatable bonds is 4. The smallest absolute Gasteiger partial charge is 0.228 e. The molecular weight excluding hydrogens is 346 g/mol. The molecule has 0 radical (unpaired) electrons. The van der Waals surface area contributed by atoms with Crippen molar-refractivity contribution in [3.8, 4) is 23.3 Å². The first-order valence-corrected chi connectivity index (χ1v) is 9.00. The first kappa shape index (κ1) is 17.5. The van der Waals surface area contributed by atoms with Crippen LogP contribution in [0, 0.1) is 22.7 Å². The molecule has 0 aromatic heterocycles. The van der Waals surface area contributed by atoms with E-state index in [0.717, 1.165) is 22.3 Å². The summed E-state index contributed by atoms with van der Waals surface area (Å²) < 4.78 is 0. The minimum absolute atomic E-state index is 0.0319. The van der Waals surface area contributed by atoms with Crippen molar-refractivity contribution < 1.29 is 4.79 Å². The number of hydrogen-bond acceptors (Lipinski definition) is 3. The van der Waals surface area contributed by atoms with E-state index in [1.165, 1.54) is 0 Å². The second kappa shape index (κ2) is 6.68. The van der Waals surface area contributed by atoms with Crippen LogP contribution in [0.3, 0.4) is 0 Å². The Morgan fingerprint density at radius 2 is 1.71 bits per heavy atom. The van der Waals surface area contributed by atoms with Crippen LogP contribution < -0.4 is 5.73 Å². The number of amides is 1. The minimum Gasteiger partial charge on any atom is -0.369 e. The summed E-state index contributed by atoms with van der Waals surface area (Å²) in [5.74, 6) is -0.388. The monoisotopic (exact) mass is 363 g/mol. The number of nitriles is 2. The molecule has 0 bridgehead atoms. The van der Waals surface area contributed by atoms with E-state index >= 15 is 0 Å². The van der Waals surface area contributed by atoms with Crippen molar-refractivity contribution in [2.75, 3.05) is 0 Å². The molecule has 28 heavy (non-hydrogen) atoms. The summed E-state index contributed by atoms with van der Waals surface area (Å²) in [7, 11) is 0. The molecule has 0 aliphatic heterocycles. The highest BCUT2D eigenvalue weighted by atomic mass is 16.1. The summed E-state index contributed by atoms with van der Waals surface area (Å²) in [6.07, 6.45) is 0.630. The van der Waals surface area contributed by atoms with E-state index < -0.39 is 5.41 Å². The Morgan fingerprint density at radius 3 is 2.39 bits per heavy atom. The van der Waals surface area contributed by atoms with E-state index in [1.54, 1.807) is 12.1 Å². The molecule has 134 valence electrons. The van der Waals surface area contributed by atoms with Crippen molar-refractivity contribution in [2.45, 2.75) is 17.8 Å². The second-order valence-electron chi connectivity index (χ2n) is 7.06. The zero-order chi connectivity index (χ0) is 19.7. The summed E-state index contributed by atoms with van der Waals surface area (Å²) in [6, 6.07) is 26.8. The molecule has 1 aliphatic rings. The number of carbonyl (C=O) groups excluding carboxylic acids is 1. The third kappa shape index (κ3) is 2.73. The Labute approximate surface area is 163 Å². The van der Waals surface area contributed by atoms with Gasteiger partial charge in [-0.2, -0.15) is 10.5 Å². The van der Waals surface area contributed by atoms with Gasteiger partial charge in [0.1, 0.15) is 0 Å². The first-order chi connectivity index (χ1) is 13.6. The van der Waals surface area contributed by atoms with Crippen LogP contribution in [0.5, 0.6) is 0 Å². The van der Waals surface area contributed by atoms with Crippen molar-refractivity contribution in [1.29, 1.82) is 10.5 Å². The maximum Gasteiger partial charge on any atom is 0.228 e. The van der Waals surface area contributed by atoms with Crippen LogP contribution in [0.4, 0.5) is 0 Å². The van der Waals surface area contributed by atoms with Crippen molar-refractivity contribution >= 4 is 5.91 Å². The molecule has 0 heterocycles. The van der Waals surface area contributed by atoms with Gasteiger partial charge in [0, 0.05) is 5.92 Å². The Bertz CT molecular complexity index is 1150. The van der Waals surface area contributed by atoms with Crippen LogP contribution in [0.15, 0.2) is 72.8 Å². The van der Waals surface area contributed by atoms with E-state index in [2.05, 4.69) is 12.1 Å². The van der Waals surface area contributed by atoms with Crippen LogP contribution in [-0.4, -0.2) is 5.91 Å². The number of carbonyl (C=O) groups is 1. The lowest BCUT2D eigenvalue weighted by molar-refractivity contribution is -0.120. The predicted octanol–water partition coefficient (Wildman–Crippen LogP) is 4.01. The average Bonchev–Trinajstić information content (AvgIpc) is 3.51. The van der Waals surface area contributed by atoms with E-state index in [-0.39, 0.29) is 11.8 Å². The highest BCUT2D eigenvalue weighted by molar-refractivity contribution is 5.92. The zero-order valence-corrected chi connectivity index (χ0v) is 15.1. The largest absolute Gasteiger partial charge is 0.369 e. The van der Waals surface area contributed by atoms with Gasteiger partial charge in [0.25, 0.3) is 0 Å². The van der Waals surface area contributed by atoms with E-state index in [4.69, 9.17) is 11.0 Å². The molecule has 4 heteroatoms. The molecule has 1 saturated carbocycles. The highest BCUT2D eigenvalue weighted by Crippen LogP contribution is 2.60. The molecule has 2 atom stereocenters. The van der Waals surface area contributed by atoms with Crippen LogP contribution in [0.1, 0.15) is 34.6 Å². The highest BCUT2D eigenvalue weighted by Gasteiger charge is 2.60. The molecule has 0 spiro atoms. The molecular formula is C24H17N3O. The lowest BCUT2D eigenvalue weighted by Crippen LogP contribution is -2.30. The van der Waals surface area contributed by atoms with Crippen molar-refractivity contribution in [3.05, 3.63) is 95.1 Å². The van der Waals surface area contributed by atoms with Crippen LogP contribution in [0.25, 0.3) is 11.1 Å². The Balaban J connectivity index is 1.70. The summed E-state index contributed by atoms with van der Waals surface area (Å²) in [5.41, 5.74) is 9.85. The quantitative estimate of drug-likeness (QED) is 0.759. The summed E-state index contributed by atoms with van der Waals surface area (Å²) in [4.78, 5) is 12.4. The average molecular weight is 363 g/mol. The van der Waals surface area contributed by atoms with Gasteiger partial charge in [0.2, 0.25) is 5.91 Å². The zero-order valence-electron chi connectivity index (χ0n) is 15.1. The minimum atomic E-state index is -0.749. The number of hydrogen-bond donors (Lipinski definition) is 1. The van der Waals surface area contributed by atoms with Gasteiger partial charge in [-0.15, -0.1) is 0 Å². The van der Waals surface area contributed by atoms with Crippen LogP contribution in [0.2, 0.25) is 0 Å². The second-order valence-corrected chi connectivity index (χ2v) is 7.06. The van der Waals surface area contributed by atoms with Gasteiger partial charge in [0.05, 0.1) is 28.7 Å². The van der Waals surface area contributed by atoms with Crippen molar-refractivity contribution in [1.82, 2.24) is 0 Å². The van der Waals surface area contributed by atoms with E-state index in [1.807, 2.05) is 60.7 Å².